The molecule has 0 heterocycles. The molecule has 5 heteroatoms. The summed E-state index contributed by atoms with van der Waals surface area (Å²) in [6.07, 6.45) is 6.09. The van der Waals surface area contributed by atoms with Crippen LogP contribution < -0.4 is 17.2 Å². The van der Waals surface area contributed by atoms with Gasteiger partial charge in [0.05, 0.1) is 0 Å². The van der Waals surface area contributed by atoms with Gasteiger partial charge in [-0.05, 0) is 18.3 Å². The molecule has 0 aliphatic rings. The molecule has 0 fully saturated rings. The van der Waals surface area contributed by atoms with Crippen LogP contribution in [-0.2, 0) is 0 Å². The number of unbranched alkanes of at least 4 members (excludes halogenated alkanes) is 3. The van der Waals surface area contributed by atoms with E-state index in [9.17, 15) is 0 Å². The predicted molar refractivity (Wildman–Crippen MR) is 90.7 cm³/mol. The molecule has 0 aliphatic carbocycles. The van der Waals surface area contributed by atoms with Gasteiger partial charge in [-0.25, -0.2) is 0 Å². The number of aliphatic imine (C=N–C) groups is 2. The zero-order valence-corrected chi connectivity index (χ0v) is 14.0. The fourth-order valence-corrected chi connectivity index (χ4v) is 1.38. The van der Waals surface area contributed by atoms with Crippen molar-refractivity contribution in [3.63, 3.8) is 0 Å². The Bertz CT molecular complexity index is 263. The average Bonchev–Trinajstić information content (AvgIpc) is 2.25. The van der Waals surface area contributed by atoms with Gasteiger partial charge >= 0.3 is 0 Å². The van der Waals surface area contributed by atoms with Crippen molar-refractivity contribution in [3.05, 3.63) is 0 Å². The summed E-state index contributed by atoms with van der Waals surface area (Å²) in [5, 5.41) is 0. The molecule has 0 aromatic rings. The summed E-state index contributed by atoms with van der Waals surface area (Å²) in [7, 11) is 0. The number of nitrogens with zero attached hydrogens (tertiary/aromatic N) is 2. The van der Waals surface area contributed by atoms with E-state index in [0.29, 0.717) is 6.54 Å². The topological polar surface area (TPSA) is 103 Å². The van der Waals surface area contributed by atoms with Crippen molar-refractivity contribution in [1.82, 2.24) is 0 Å². The first-order valence-corrected chi connectivity index (χ1v) is 7.65. The van der Waals surface area contributed by atoms with Crippen molar-refractivity contribution in [1.29, 1.82) is 0 Å². The van der Waals surface area contributed by atoms with Crippen LogP contribution in [-0.4, -0.2) is 18.5 Å². The maximum Gasteiger partial charge on any atom is 0.218 e. The van der Waals surface area contributed by atoms with Crippen LogP contribution in [0.5, 0.6) is 0 Å². The van der Waals surface area contributed by atoms with E-state index in [4.69, 9.17) is 17.2 Å². The van der Waals surface area contributed by atoms with Crippen LogP contribution in [0.25, 0.3) is 0 Å². The number of guanidine groups is 2. The zero-order chi connectivity index (χ0) is 16.0. The highest BCUT2D eigenvalue weighted by atomic mass is 15.1. The van der Waals surface area contributed by atoms with Gasteiger partial charge in [-0.1, -0.05) is 60.3 Å². The third kappa shape index (κ3) is 25.6. The van der Waals surface area contributed by atoms with Crippen molar-refractivity contribution < 1.29 is 0 Å². The second-order valence-electron chi connectivity index (χ2n) is 6.11. The number of hydrogen-bond acceptors (Lipinski definition) is 1. The molecule has 20 heavy (non-hydrogen) atoms. The Kier molecular flexibility index (Phi) is 14.9. The molecule has 0 bridgehead atoms. The Morgan fingerprint density at radius 1 is 0.850 bits per heavy atom. The Labute approximate surface area is 125 Å². The molecule has 0 amide bonds. The summed E-state index contributed by atoms with van der Waals surface area (Å²) >= 11 is 0. The van der Waals surface area contributed by atoms with Crippen molar-refractivity contribution in [2.75, 3.05) is 6.54 Å². The molecule has 0 aromatic carbocycles. The standard InChI is InChI=1S/C11H25N5.C4H10/c1-9(2)7-5-3-4-6-8-15-11(14)16-10(12)13;1-4(2)3/h9H,3-8H2,1-2H3,(H6,12,13,14,15,16);4H,1-3H3. The van der Waals surface area contributed by atoms with E-state index in [2.05, 4.69) is 44.6 Å². The Hall–Kier alpha value is -1.26. The fraction of sp³-hybridized carbons (Fsp3) is 0.867. The minimum atomic E-state index is -0.0433. The monoisotopic (exact) mass is 285 g/mol. The van der Waals surface area contributed by atoms with Gasteiger partial charge in [-0.3, -0.25) is 4.99 Å². The lowest BCUT2D eigenvalue weighted by molar-refractivity contribution is 0.521. The molecule has 0 radical (unpaired) electrons. The van der Waals surface area contributed by atoms with Crippen molar-refractivity contribution in [2.45, 2.75) is 66.7 Å². The highest BCUT2D eigenvalue weighted by Gasteiger charge is 1.94. The number of rotatable bonds is 7. The van der Waals surface area contributed by atoms with Gasteiger partial charge in [-0.15, -0.1) is 0 Å². The lowest BCUT2D eigenvalue weighted by Crippen LogP contribution is -2.26. The fourth-order valence-electron chi connectivity index (χ4n) is 1.38. The molecular formula is C15H35N5. The third-order valence-corrected chi connectivity index (χ3v) is 2.21. The smallest absolute Gasteiger partial charge is 0.218 e. The third-order valence-electron chi connectivity index (χ3n) is 2.21. The molecule has 0 atom stereocenters. The van der Waals surface area contributed by atoms with Crippen LogP contribution in [0.2, 0.25) is 0 Å². The van der Waals surface area contributed by atoms with Gasteiger partial charge in [0, 0.05) is 6.54 Å². The van der Waals surface area contributed by atoms with Crippen LogP contribution in [0, 0.1) is 11.8 Å². The minimum absolute atomic E-state index is 0.0433. The normalized spacial score (nSPS) is 11.2. The largest absolute Gasteiger partial charge is 0.370 e. The summed E-state index contributed by atoms with van der Waals surface area (Å²) in [6, 6.07) is 0. The molecule has 120 valence electrons. The van der Waals surface area contributed by atoms with Crippen molar-refractivity contribution >= 4 is 11.9 Å². The first-order valence-electron chi connectivity index (χ1n) is 7.65. The molecule has 0 spiro atoms. The molecule has 5 nitrogen and oxygen atoms in total. The summed E-state index contributed by atoms with van der Waals surface area (Å²) in [5.41, 5.74) is 15.8. The highest BCUT2D eigenvalue weighted by Crippen LogP contribution is 2.09. The number of hydrogen-bond donors (Lipinski definition) is 3. The average molecular weight is 285 g/mol. The van der Waals surface area contributed by atoms with E-state index in [0.717, 1.165) is 18.3 Å². The van der Waals surface area contributed by atoms with Crippen LogP contribution in [0.15, 0.2) is 9.98 Å². The summed E-state index contributed by atoms with van der Waals surface area (Å²) in [4.78, 5) is 7.68. The number of nitrogens with two attached hydrogens (primary N) is 3. The lowest BCUT2D eigenvalue weighted by atomic mass is 10.0. The van der Waals surface area contributed by atoms with E-state index < -0.39 is 0 Å². The van der Waals surface area contributed by atoms with Gasteiger partial charge in [0.15, 0.2) is 5.96 Å². The van der Waals surface area contributed by atoms with E-state index in [1.165, 1.54) is 25.7 Å². The van der Waals surface area contributed by atoms with Crippen molar-refractivity contribution in [3.8, 4) is 0 Å². The molecule has 0 saturated carbocycles. The second-order valence-corrected chi connectivity index (χ2v) is 6.11. The van der Waals surface area contributed by atoms with Gasteiger partial charge in [-0.2, -0.15) is 4.99 Å². The van der Waals surface area contributed by atoms with E-state index >= 15 is 0 Å². The molecule has 0 rings (SSSR count). The molecular weight excluding hydrogens is 250 g/mol. The van der Waals surface area contributed by atoms with E-state index in [1.54, 1.807) is 0 Å². The Balaban J connectivity index is 0. The van der Waals surface area contributed by atoms with Crippen LogP contribution in [0.3, 0.4) is 0 Å². The first-order chi connectivity index (χ1) is 9.25. The lowest BCUT2D eigenvalue weighted by Gasteiger charge is -2.03. The highest BCUT2D eigenvalue weighted by molar-refractivity contribution is 5.92. The summed E-state index contributed by atoms with van der Waals surface area (Å²) in [6.45, 7) is 11.7. The Morgan fingerprint density at radius 3 is 1.80 bits per heavy atom. The minimum Gasteiger partial charge on any atom is -0.370 e. The van der Waals surface area contributed by atoms with Crippen LogP contribution in [0.1, 0.15) is 66.7 Å². The first kappa shape index (κ1) is 21.0. The zero-order valence-electron chi connectivity index (χ0n) is 14.0. The molecule has 0 aromatic heterocycles. The van der Waals surface area contributed by atoms with E-state index in [-0.39, 0.29) is 11.9 Å². The summed E-state index contributed by atoms with van der Waals surface area (Å²) in [5.74, 6) is 1.76. The van der Waals surface area contributed by atoms with Gasteiger partial charge in [0.1, 0.15) is 0 Å². The maximum atomic E-state index is 5.46. The molecule has 0 unspecified atom stereocenters. The van der Waals surface area contributed by atoms with Gasteiger partial charge in [0.2, 0.25) is 5.96 Å². The van der Waals surface area contributed by atoms with Crippen LogP contribution >= 0.6 is 0 Å². The van der Waals surface area contributed by atoms with Crippen molar-refractivity contribution in [2.24, 2.45) is 39.0 Å². The second kappa shape index (κ2) is 14.2. The van der Waals surface area contributed by atoms with Gasteiger partial charge in [0.25, 0.3) is 0 Å². The SMILES string of the molecule is CC(C)C.CC(C)CCCCCCN=C(N)N=C(N)N. The van der Waals surface area contributed by atoms with Gasteiger partial charge < -0.3 is 17.2 Å². The van der Waals surface area contributed by atoms with E-state index in [1.807, 2.05) is 0 Å². The molecule has 0 aliphatic heterocycles. The quantitative estimate of drug-likeness (QED) is 0.380. The maximum absolute atomic E-state index is 5.46. The summed E-state index contributed by atoms with van der Waals surface area (Å²) < 4.78 is 0. The molecule has 6 N–H and O–H groups in total. The Morgan fingerprint density at radius 2 is 1.35 bits per heavy atom. The molecule has 0 saturated heterocycles. The predicted octanol–water partition coefficient (Wildman–Crippen LogP) is 2.84. The van der Waals surface area contributed by atoms with Crippen LogP contribution in [0.4, 0.5) is 0 Å².